The van der Waals surface area contributed by atoms with Gasteiger partial charge in [-0.15, -0.1) is 0 Å². The average Bonchev–Trinajstić information content (AvgIpc) is 2.98. The van der Waals surface area contributed by atoms with Gasteiger partial charge >= 0.3 is 0 Å². The Balaban J connectivity index is 1.58. The summed E-state index contributed by atoms with van der Waals surface area (Å²) in [6.07, 6.45) is 1.59. The first-order valence-corrected chi connectivity index (χ1v) is 14.2. The molecule has 0 fully saturated rings. The molecular formula is C32H38ClN3O5. The normalized spacial score (nSPS) is 14.9. The molecule has 1 aliphatic rings. The van der Waals surface area contributed by atoms with E-state index in [0.29, 0.717) is 36.2 Å². The number of carbonyl (C=O) groups is 2. The summed E-state index contributed by atoms with van der Waals surface area (Å²) in [6.45, 7) is 3.66. The fourth-order valence-corrected chi connectivity index (χ4v) is 5.14. The molecule has 4 rings (SSSR count). The summed E-state index contributed by atoms with van der Waals surface area (Å²) in [6, 6.07) is 22.9. The van der Waals surface area contributed by atoms with Crippen LogP contribution in [-0.4, -0.2) is 75.2 Å². The lowest BCUT2D eigenvalue weighted by molar-refractivity contribution is -0.134. The second kappa shape index (κ2) is 15.4. The van der Waals surface area contributed by atoms with Gasteiger partial charge < -0.3 is 24.0 Å². The monoisotopic (exact) mass is 579 g/mol. The summed E-state index contributed by atoms with van der Waals surface area (Å²) in [5.74, 6) is 0.841. The standard InChI is InChI=1S/C32H38ClN3O5/c1-39-23-32(38)36-20-8-18-34(21-25-13-15-27(33)16-14-25)17-7-19-35(22-26-9-3-4-10-28(26)36)31(37)24-41-30-12-6-5-11-29(30)40-2/h3-6,9-16H,7-8,17-24H2,1-2H3. The number of amides is 2. The van der Waals surface area contributed by atoms with Gasteiger partial charge in [-0.1, -0.05) is 54.1 Å². The molecule has 0 saturated heterocycles. The summed E-state index contributed by atoms with van der Waals surface area (Å²) < 4.78 is 16.5. The minimum atomic E-state index is -0.137. The largest absolute Gasteiger partial charge is 0.493 e. The molecule has 1 aliphatic heterocycles. The molecular weight excluding hydrogens is 542 g/mol. The number of methoxy groups -OCH3 is 2. The van der Waals surface area contributed by atoms with Crippen molar-refractivity contribution in [3.05, 3.63) is 88.9 Å². The van der Waals surface area contributed by atoms with Gasteiger partial charge in [0, 0.05) is 57.1 Å². The molecule has 0 N–H and O–H groups in total. The van der Waals surface area contributed by atoms with Gasteiger partial charge in [-0.25, -0.2) is 0 Å². The van der Waals surface area contributed by atoms with Crippen LogP contribution >= 0.6 is 11.6 Å². The van der Waals surface area contributed by atoms with Crippen molar-refractivity contribution in [1.29, 1.82) is 0 Å². The van der Waals surface area contributed by atoms with Gasteiger partial charge in [-0.05, 0) is 54.3 Å². The van der Waals surface area contributed by atoms with Crippen molar-refractivity contribution in [2.24, 2.45) is 0 Å². The number of carbonyl (C=O) groups excluding carboxylic acids is 2. The van der Waals surface area contributed by atoms with E-state index in [1.54, 1.807) is 24.1 Å². The van der Waals surface area contributed by atoms with Gasteiger partial charge in [0.2, 0.25) is 0 Å². The first-order chi connectivity index (χ1) is 20.0. The van der Waals surface area contributed by atoms with E-state index in [9.17, 15) is 9.59 Å². The number of fused-ring (bicyclic) bond motifs is 1. The average molecular weight is 580 g/mol. The van der Waals surface area contributed by atoms with Crippen LogP contribution in [0.2, 0.25) is 5.02 Å². The summed E-state index contributed by atoms with van der Waals surface area (Å²) in [5.41, 5.74) is 2.86. The highest BCUT2D eigenvalue weighted by atomic mass is 35.5. The number of nitrogens with zero attached hydrogens (tertiary/aromatic N) is 3. The SMILES string of the molecule is COCC(=O)N1CCCN(Cc2ccc(Cl)cc2)CCCN(C(=O)COc2ccccc2OC)Cc2ccccc21. The minimum absolute atomic E-state index is 0.0157. The molecule has 8 nitrogen and oxygen atoms in total. The Hall–Kier alpha value is -3.59. The van der Waals surface area contributed by atoms with Crippen molar-refractivity contribution in [2.75, 3.05) is 58.5 Å². The zero-order valence-electron chi connectivity index (χ0n) is 23.8. The van der Waals surface area contributed by atoms with E-state index in [1.165, 1.54) is 7.11 Å². The van der Waals surface area contributed by atoms with Crippen LogP contribution in [0.25, 0.3) is 0 Å². The summed E-state index contributed by atoms with van der Waals surface area (Å²) in [5, 5.41) is 0.706. The molecule has 0 atom stereocenters. The lowest BCUT2D eigenvalue weighted by atomic mass is 10.1. The lowest BCUT2D eigenvalue weighted by Gasteiger charge is -2.31. The van der Waals surface area contributed by atoms with Crippen LogP contribution in [0.4, 0.5) is 5.69 Å². The zero-order valence-corrected chi connectivity index (χ0v) is 24.5. The van der Waals surface area contributed by atoms with Crippen molar-refractivity contribution in [1.82, 2.24) is 9.80 Å². The van der Waals surface area contributed by atoms with Crippen LogP contribution < -0.4 is 14.4 Å². The molecule has 41 heavy (non-hydrogen) atoms. The number of anilines is 1. The fraction of sp³-hybridized carbons (Fsp3) is 0.375. The fourth-order valence-electron chi connectivity index (χ4n) is 5.01. The molecule has 0 spiro atoms. The maximum atomic E-state index is 13.6. The van der Waals surface area contributed by atoms with Gasteiger partial charge in [0.15, 0.2) is 18.1 Å². The number of benzene rings is 3. The second-order valence-electron chi connectivity index (χ2n) is 9.97. The Bertz CT molecular complexity index is 1290. The molecule has 1 heterocycles. The van der Waals surface area contributed by atoms with Gasteiger partial charge in [0.25, 0.3) is 11.8 Å². The van der Waals surface area contributed by atoms with E-state index in [0.717, 1.165) is 49.3 Å². The predicted octanol–water partition coefficient (Wildman–Crippen LogP) is 5.03. The third-order valence-corrected chi connectivity index (χ3v) is 7.32. The third kappa shape index (κ3) is 8.70. The second-order valence-corrected chi connectivity index (χ2v) is 10.4. The van der Waals surface area contributed by atoms with Crippen LogP contribution in [0.15, 0.2) is 72.8 Å². The summed E-state index contributed by atoms with van der Waals surface area (Å²) >= 11 is 6.10. The van der Waals surface area contributed by atoms with Crippen LogP contribution in [0.5, 0.6) is 11.5 Å². The van der Waals surface area contributed by atoms with Crippen molar-refractivity contribution < 1.29 is 23.8 Å². The number of para-hydroxylation sites is 3. The maximum Gasteiger partial charge on any atom is 0.260 e. The van der Waals surface area contributed by atoms with Crippen molar-refractivity contribution in [3.63, 3.8) is 0 Å². The molecule has 2 amide bonds. The Morgan fingerprint density at radius 1 is 0.780 bits per heavy atom. The molecule has 0 radical (unpaired) electrons. The van der Waals surface area contributed by atoms with Gasteiger partial charge in [0.05, 0.1) is 7.11 Å². The topological polar surface area (TPSA) is 71.6 Å². The Labute approximate surface area is 247 Å². The van der Waals surface area contributed by atoms with Crippen molar-refractivity contribution in [2.45, 2.75) is 25.9 Å². The van der Waals surface area contributed by atoms with Crippen molar-refractivity contribution in [3.8, 4) is 11.5 Å². The number of halogens is 1. The molecule has 0 saturated carbocycles. The minimum Gasteiger partial charge on any atom is -0.493 e. The van der Waals surface area contributed by atoms with E-state index in [-0.39, 0.29) is 25.0 Å². The summed E-state index contributed by atoms with van der Waals surface area (Å²) in [7, 11) is 3.10. The van der Waals surface area contributed by atoms with Gasteiger partial charge in [-0.3, -0.25) is 14.5 Å². The van der Waals surface area contributed by atoms with Crippen LogP contribution in [0, 0.1) is 0 Å². The summed E-state index contributed by atoms with van der Waals surface area (Å²) in [4.78, 5) is 32.7. The molecule has 3 aromatic carbocycles. The maximum absolute atomic E-state index is 13.6. The van der Waals surface area contributed by atoms with Gasteiger partial charge in [0.1, 0.15) is 6.61 Å². The van der Waals surface area contributed by atoms with E-state index in [2.05, 4.69) is 4.90 Å². The molecule has 9 heteroatoms. The Morgan fingerprint density at radius 2 is 1.46 bits per heavy atom. The molecule has 218 valence electrons. The highest BCUT2D eigenvalue weighted by molar-refractivity contribution is 6.30. The van der Waals surface area contributed by atoms with Crippen LogP contribution in [0.1, 0.15) is 24.0 Å². The van der Waals surface area contributed by atoms with E-state index in [4.69, 9.17) is 25.8 Å². The van der Waals surface area contributed by atoms with Gasteiger partial charge in [-0.2, -0.15) is 0 Å². The molecule has 0 aliphatic carbocycles. The lowest BCUT2D eigenvalue weighted by Crippen LogP contribution is -2.41. The van der Waals surface area contributed by atoms with E-state index < -0.39 is 0 Å². The number of rotatable bonds is 8. The molecule has 0 aromatic heterocycles. The predicted molar refractivity (Wildman–Crippen MR) is 161 cm³/mol. The number of ether oxygens (including phenoxy) is 3. The van der Waals surface area contributed by atoms with E-state index >= 15 is 0 Å². The van der Waals surface area contributed by atoms with Crippen LogP contribution in [-0.2, 0) is 27.4 Å². The first-order valence-electron chi connectivity index (χ1n) is 13.9. The Kier molecular flexibility index (Phi) is 11.4. The van der Waals surface area contributed by atoms with Crippen LogP contribution in [0.3, 0.4) is 0 Å². The zero-order chi connectivity index (χ0) is 29.0. The quantitative estimate of drug-likeness (QED) is 0.373. The van der Waals surface area contributed by atoms with E-state index in [1.807, 2.05) is 65.6 Å². The molecule has 0 bridgehead atoms. The van der Waals surface area contributed by atoms with Crippen molar-refractivity contribution >= 4 is 29.1 Å². The number of hydrogen-bond donors (Lipinski definition) is 0. The molecule has 3 aromatic rings. The third-order valence-electron chi connectivity index (χ3n) is 7.06. The number of hydrogen-bond acceptors (Lipinski definition) is 6. The molecule has 0 unspecified atom stereocenters. The first kappa shape index (κ1) is 30.4. The highest BCUT2D eigenvalue weighted by Crippen LogP contribution is 2.27. The Morgan fingerprint density at radius 3 is 2.20 bits per heavy atom. The smallest absolute Gasteiger partial charge is 0.260 e. The highest BCUT2D eigenvalue weighted by Gasteiger charge is 2.23.